The summed E-state index contributed by atoms with van der Waals surface area (Å²) in [6.07, 6.45) is -0.151. The maximum atomic E-state index is 11.7. The largest absolute Gasteiger partial charge is 0.453 e. The summed E-state index contributed by atoms with van der Waals surface area (Å²) < 4.78 is 4.50. The molecule has 0 aliphatic carbocycles. The van der Waals surface area contributed by atoms with E-state index in [2.05, 4.69) is 20.7 Å². The summed E-state index contributed by atoms with van der Waals surface area (Å²) in [7, 11) is 1.29. The van der Waals surface area contributed by atoms with Crippen LogP contribution in [0.1, 0.15) is 20.3 Å². The molecule has 0 saturated carbocycles. The van der Waals surface area contributed by atoms with E-state index in [0.29, 0.717) is 30.4 Å². The molecular weight excluding hydrogens is 258 g/mol. The number of carbonyl (C=O) groups is 2. The highest BCUT2D eigenvalue weighted by atomic mass is 16.5. The average Bonchev–Trinajstić information content (AvgIpc) is 2.38. The Bertz CT molecular complexity index is 461. The zero-order chi connectivity index (χ0) is 15.0. The van der Waals surface area contributed by atoms with Crippen molar-refractivity contribution in [3.05, 3.63) is 24.3 Å². The van der Waals surface area contributed by atoms with Crippen molar-refractivity contribution in [1.29, 1.82) is 0 Å². The zero-order valence-electron chi connectivity index (χ0n) is 12.0. The summed E-state index contributed by atoms with van der Waals surface area (Å²) in [5, 5.41) is 8.49. The molecule has 0 bridgehead atoms. The van der Waals surface area contributed by atoms with Gasteiger partial charge < -0.3 is 15.4 Å². The van der Waals surface area contributed by atoms with Crippen LogP contribution in [0.15, 0.2) is 24.3 Å². The van der Waals surface area contributed by atoms with E-state index in [1.807, 2.05) is 13.8 Å². The summed E-state index contributed by atoms with van der Waals surface area (Å²) >= 11 is 0. The fraction of sp³-hybridized carbons (Fsp3) is 0.429. The molecule has 0 fully saturated rings. The number of anilines is 2. The standard InChI is InChI=1S/C14H21N3O3/c1-10(2)15-8-7-13(18)16-11-5-4-6-12(9-11)17-14(19)20-3/h4-6,9-10,15H,7-8H2,1-3H3,(H,16,18)(H,17,19). The first-order valence-electron chi connectivity index (χ1n) is 6.49. The summed E-state index contributed by atoms with van der Waals surface area (Å²) in [6, 6.07) is 7.25. The average molecular weight is 279 g/mol. The van der Waals surface area contributed by atoms with Crippen molar-refractivity contribution < 1.29 is 14.3 Å². The van der Waals surface area contributed by atoms with Crippen molar-refractivity contribution in [3.8, 4) is 0 Å². The van der Waals surface area contributed by atoms with E-state index >= 15 is 0 Å². The van der Waals surface area contributed by atoms with E-state index in [0.717, 1.165) is 0 Å². The molecule has 0 saturated heterocycles. The van der Waals surface area contributed by atoms with Gasteiger partial charge in [0.05, 0.1) is 7.11 Å². The van der Waals surface area contributed by atoms with Crippen LogP contribution in [0.25, 0.3) is 0 Å². The van der Waals surface area contributed by atoms with Crippen LogP contribution in [0, 0.1) is 0 Å². The molecule has 6 heteroatoms. The van der Waals surface area contributed by atoms with Gasteiger partial charge in [0.2, 0.25) is 5.91 Å². The molecule has 0 aliphatic heterocycles. The first-order valence-corrected chi connectivity index (χ1v) is 6.49. The maximum Gasteiger partial charge on any atom is 0.411 e. The third kappa shape index (κ3) is 6.19. The highest BCUT2D eigenvalue weighted by molar-refractivity contribution is 5.92. The van der Waals surface area contributed by atoms with Gasteiger partial charge in [-0.25, -0.2) is 4.79 Å². The summed E-state index contributed by atoms with van der Waals surface area (Å²) in [5.41, 5.74) is 1.20. The molecular formula is C14H21N3O3. The monoisotopic (exact) mass is 279 g/mol. The summed E-state index contributed by atoms with van der Waals surface area (Å²) in [6.45, 7) is 4.68. The molecule has 0 unspecified atom stereocenters. The molecule has 1 aromatic rings. The number of hydrogen-bond donors (Lipinski definition) is 3. The SMILES string of the molecule is COC(=O)Nc1cccc(NC(=O)CCNC(C)C)c1. The van der Waals surface area contributed by atoms with Gasteiger partial charge in [-0.3, -0.25) is 10.1 Å². The van der Waals surface area contributed by atoms with Gasteiger partial charge in [-0.1, -0.05) is 19.9 Å². The number of methoxy groups -OCH3 is 1. The number of ether oxygens (including phenoxy) is 1. The third-order valence-electron chi connectivity index (χ3n) is 2.48. The van der Waals surface area contributed by atoms with Gasteiger partial charge in [0.1, 0.15) is 0 Å². The van der Waals surface area contributed by atoms with Gasteiger partial charge in [-0.2, -0.15) is 0 Å². The van der Waals surface area contributed by atoms with Crippen molar-refractivity contribution in [2.75, 3.05) is 24.3 Å². The number of nitrogens with one attached hydrogen (secondary N) is 3. The number of rotatable bonds is 6. The Balaban J connectivity index is 2.49. The second-order valence-corrected chi connectivity index (χ2v) is 4.60. The van der Waals surface area contributed by atoms with E-state index in [4.69, 9.17) is 0 Å². The Kier molecular flexibility index (Phi) is 6.52. The highest BCUT2D eigenvalue weighted by Crippen LogP contribution is 2.15. The minimum Gasteiger partial charge on any atom is -0.453 e. The van der Waals surface area contributed by atoms with E-state index in [-0.39, 0.29) is 5.91 Å². The van der Waals surface area contributed by atoms with Gasteiger partial charge in [0.15, 0.2) is 0 Å². The lowest BCUT2D eigenvalue weighted by molar-refractivity contribution is -0.116. The summed E-state index contributed by atoms with van der Waals surface area (Å²) in [5.74, 6) is -0.0756. The van der Waals surface area contributed by atoms with Crippen LogP contribution in [0.3, 0.4) is 0 Å². The van der Waals surface area contributed by atoms with Crippen LogP contribution in [0.4, 0.5) is 16.2 Å². The summed E-state index contributed by atoms with van der Waals surface area (Å²) in [4.78, 5) is 22.8. The molecule has 6 nitrogen and oxygen atoms in total. The van der Waals surface area contributed by atoms with Gasteiger partial charge in [-0.05, 0) is 18.2 Å². The lowest BCUT2D eigenvalue weighted by atomic mass is 10.2. The second kappa shape index (κ2) is 8.16. The highest BCUT2D eigenvalue weighted by Gasteiger charge is 2.05. The topological polar surface area (TPSA) is 79.5 Å². The first-order chi connectivity index (χ1) is 9.51. The van der Waals surface area contributed by atoms with Crippen LogP contribution in [-0.2, 0) is 9.53 Å². The van der Waals surface area contributed by atoms with Gasteiger partial charge in [0.25, 0.3) is 0 Å². The maximum absolute atomic E-state index is 11.7. The quantitative estimate of drug-likeness (QED) is 0.745. The molecule has 2 amide bonds. The lowest BCUT2D eigenvalue weighted by Gasteiger charge is -2.10. The molecule has 0 aromatic heterocycles. The van der Waals surface area contributed by atoms with Crippen LogP contribution >= 0.6 is 0 Å². The molecule has 0 atom stereocenters. The van der Waals surface area contributed by atoms with E-state index in [1.54, 1.807) is 24.3 Å². The predicted molar refractivity (Wildman–Crippen MR) is 78.9 cm³/mol. The number of carbonyl (C=O) groups excluding carboxylic acids is 2. The minimum atomic E-state index is -0.547. The van der Waals surface area contributed by atoms with Gasteiger partial charge in [-0.15, -0.1) is 0 Å². The van der Waals surface area contributed by atoms with E-state index < -0.39 is 6.09 Å². The molecule has 0 radical (unpaired) electrons. The van der Waals surface area contributed by atoms with Crippen LogP contribution in [0.2, 0.25) is 0 Å². The normalized spacial score (nSPS) is 10.2. The Morgan fingerprint density at radius 1 is 1.20 bits per heavy atom. The fourth-order valence-electron chi connectivity index (χ4n) is 1.54. The van der Waals surface area contributed by atoms with Crippen molar-refractivity contribution >= 4 is 23.4 Å². The van der Waals surface area contributed by atoms with Gasteiger partial charge >= 0.3 is 6.09 Å². The number of amides is 2. The van der Waals surface area contributed by atoms with Crippen LogP contribution in [0.5, 0.6) is 0 Å². The fourth-order valence-corrected chi connectivity index (χ4v) is 1.54. The predicted octanol–water partition coefficient (Wildman–Crippen LogP) is 2.19. The molecule has 0 spiro atoms. The third-order valence-corrected chi connectivity index (χ3v) is 2.48. The molecule has 0 heterocycles. The molecule has 110 valence electrons. The minimum absolute atomic E-state index is 0.0756. The Hall–Kier alpha value is -2.08. The molecule has 0 aliphatic rings. The molecule has 1 rings (SSSR count). The van der Waals surface area contributed by atoms with Crippen molar-refractivity contribution in [2.45, 2.75) is 26.3 Å². The van der Waals surface area contributed by atoms with Crippen LogP contribution in [-0.4, -0.2) is 31.7 Å². The van der Waals surface area contributed by atoms with E-state index in [9.17, 15) is 9.59 Å². The Labute approximate surface area is 118 Å². The molecule has 1 aromatic carbocycles. The van der Waals surface area contributed by atoms with Crippen LogP contribution < -0.4 is 16.0 Å². The van der Waals surface area contributed by atoms with E-state index in [1.165, 1.54) is 7.11 Å². The second-order valence-electron chi connectivity index (χ2n) is 4.60. The molecule has 3 N–H and O–H groups in total. The molecule has 20 heavy (non-hydrogen) atoms. The smallest absolute Gasteiger partial charge is 0.411 e. The van der Waals surface area contributed by atoms with Crippen molar-refractivity contribution in [2.24, 2.45) is 0 Å². The Morgan fingerprint density at radius 3 is 2.45 bits per heavy atom. The number of hydrogen-bond acceptors (Lipinski definition) is 4. The zero-order valence-corrected chi connectivity index (χ0v) is 12.0. The van der Waals surface area contributed by atoms with Crippen molar-refractivity contribution in [1.82, 2.24) is 5.32 Å². The lowest BCUT2D eigenvalue weighted by Crippen LogP contribution is -2.27. The van der Waals surface area contributed by atoms with Crippen molar-refractivity contribution in [3.63, 3.8) is 0 Å². The first kappa shape index (κ1) is 16.0. The van der Waals surface area contributed by atoms with Gasteiger partial charge in [0, 0.05) is 30.4 Å². The Morgan fingerprint density at radius 2 is 1.85 bits per heavy atom. The number of benzene rings is 1.